The molecule has 2 N–H and O–H groups in total. The Labute approximate surface area is 89.7 Å². The third kappa shape index (κ3) is 2.62. The van der Waals surface area contributed by atoms with Gasteiger partial charge in [-0.05, 0) is 39.8 Å². The van der Waals surface area contributed by atoms with Gasteiger partial charge in [0.05, 0.1) is 11.4 Å². The number of hydrogen-bond acceptors (Lipinski definition) is 5. The van der Waals surface area contributed by atoms with Crippen molar-refractivity contribution in [1.29, 1.82) is 0 Å². The first-order valence-corrected chi connectivity index (χ1v) is 5.41. The van der Waals surface area contributed by atoms with Crippen LogP contribution in [-0.2, 0) is 0 Å². The van der Waals surface area contributed by atoms with Crippen molar-refractivity contribution in [2.75, 3.05) is 18.4 Å². The molecule has 0 spiro atoms. The molecule has 0 bridgehead atoms. The number of aromatic nitrogens is 3. The third-order valence-corrected chi connectivity index (χ3v) is 2.76. The maximum Gasteiger partial charge on any atom is 0.243 e. The highest BCUT2D eigenvalue weighted by molar-refractivity contribution is 5.26. The van der Waals surface area contributed by atoms with E-state index in [-0.39, 0.29) is 0 Å². The molecule has 0 aliphatic carbocycles. The minimum Gasteiger partial charge on any atom is -0.350 e. The quantitative estimate of drug-likeness (QED) is 0.745. The van der Waals surface area contributed by atoms with E-state index >= 15 is 0 Å². The van der Waals surface area contributed by atoms with E-state index in [1.807, 2.05) is 13.8 Å². The summed E-state index contributed by atoms with van der Waals surface area (Å²) >= 11 is 0. The predicted molar refractivity (Wildman–Crippen MR) is 58.8 cm³/mol. The minimum absolute atomic E-state index is 0.482. The van der Waals surface area contributed by atoms with E-state index in [0.29, 0.717) is 12.0 Å². The van der Waals surface area contributed by atoms with Gasteiger partial charge < -0.3 is 10.6 Å². The van der Waals surface area contributed by atoms with Crippen LogP contribution in [0, 0.1) is 13.8 Å². The van der Waals surface area contributed by atoms with Gasteiger partial charge in [0.25, 0.3) is 0 Å². The Morgan fingerprint density at radius 1 is 1.13 bits per heavy atom. The van der Waals surface area contributed by atoms with E-state index in [2.05, 4.69) is 25.8 Å². The van der Waals surface area contributed by atoms with Crippen molar-refractivity contribution in [1.82, 2.24) is 20.5 Å². The largest absolute Gasteiger partial charge is 0.350 e. The molecule has 0 atom stereocenters. The molecule has 1 aliphatic heterocycles. The number of piperidine rings is 1. The van der Waals surface area contributed by atoms with Gasteiger partial charge in [0.15, 0.2) is 0 Å². The molecule has 82 valence electrons. The summed E-state index contributed by atoms with van der Waals surface area (Å²) in [4.78, 5) is 4.36. The zero-order chi connectivity index (χ0) is 10.7. The number of nitrogens with one attached hydrogen (secondary N) is 2. The standard InChI is InChI=1S/C10H17N5/c1-7-8(2)14-15-10(12-7)13-9-3-5-11-6-4-9/h9,11H,3-6H2,1-2H3,(H,12,13,15). The fraction of sp³-hybridized carbons (Fsp3) is 0.700. The van der Waals surface area contributed by atoms with Crippen molar-refractivity contribution in [2.45, 2.75) is 32.7 Å². The van der Waals surface area contributed by atoms with Crippen LogP contribution in [0.15, 0.2) is 0 Å². The van der Waals surface area contributed by atoms with Crippen molar-refractivity contribution >= 4 is 5.95 Å². The Balaban J connectivity index is 2.00. The monoisotopic (exact) mass is 207 g/mol. The molecule has 1 aromatic heterocycles. The predicted octanol–water partition coefficient (Wildman–Crippen LogP) is 0.652. The highest BCUT2D eigenvalue weighted by Gasteiger charge is 2.13. The topological polar surface area (TPSA) is 62.7 Å². The van der Waals surface area contributed by atoms with E-state index in [1.54, 1.807) is 0 Å². The highest BCUT2D eigenvalue weighted by Crippen LogP contribution is 2.09. The van der Waals surface area contributed by atoms with Gasteiger partial charge in [0.2, 0.25) is 5.95 Å². The second-order valence-electron chi connectivity index (χ2n) is 3.97. The van der Waals surface area contributed by atoms with Crippen LogP contribution in [0.1, 0.15) is 24.2 Å². The van der Waals surface area contributed by atoms with Crippen LogP contribution < -0.4 is 10.6 Å². The summed E-state index contributed by atoms with van der Waals surface area (Å²) in [5.74, 6) is 0.657. The fourth-order valence-corrected chi connectivity index (χ4v) is 1.67. The lowest BCUT2D eigenvalue weighted by atomic mass is 10.1. The molecule has 2 rings (SSSR count). The molecule has 2 heterocycles. The number of aryl methyl sites for hydroxylation is 2. The molecule has 1 aromatic rings. The Morgan fingerprint density at radius 2 is 1.87 bits per heavy atom. The first-order valence-electron chi connectivity index (χ1n) is 5.41. The number of rotatable bonds is 2. The molecule has 5 heteroatoms. The first kappa shape index (κ1) is 10.3. The molecule has 1 saturated heterocycles. The average molecular weight is 207 g/mol. The first-order chi connectivity index (χ1) is 7.25. The third-order valence-electron chi connectivity index (χ3n) is 2.76. The summed E-state index contributed by atoms with van der Waals surface area (Å²) in [5, 5.41) is 14.7. The maximum absolute atomic E-state index is 4.36. The smallest absolute Gasteiger partial charge is 0.243 e. The van der Waals surface area contributed by atoms with Crippen LogP contribution >= 0.6 is 0 Å². The highest BCUT2D eigenvalue weighted by atomic mass is 15.2. The summed E-state index contributed by atoms with van der Waals surface area (Å²) in [7, 11) is 0. The Bertz CT molecular complexity index is 333. The molecular formula is C10H17N5. The SMILES string of the molecule is Cc1nnc(NC2CCNCC2)nc1C. The van der Waals surface area contributed by atoms with E-state index < -0.39 is 0 Å². The molecule has 0 unspecified atom stereocenters. The van der Waals surface area contributed by atoms with Gasteiger partial charge in [0.1, 0.15) is 0 Å². The normalized spacial score (nSPS) is 17.7. The number of hydrogen-bond donors (Lipinski definition) is 2. The van der Waals surface area contributed by atoms with Crippen molar-refractivity contribution < 1.29 is 0 Å². The molecule has 15 heavy (non-hydrogen) atoms. The van der Waals surface area contributed by atoms with Crippen LogP contribution in [0.4, 0.5) is 5.95 Å². The van der Waals surface area contributed by atoms with Crippen LogP contribution in [0.3, 0.4) is 0 Å². The Kier molecular flexibility index (Phi) is 3.11. The van der Waals surface area contributed by atoms with Crippen LogP contribution in [-0.4, -0.2) is 34.3 Å². The van der Waals surface area contributed by atoms with Crippen molar-refractivity contribution in [3.05, 3.63) is 11.4 Å². The summed E-state index contributed by atoms with van der Waals surface area (Å²) in [6.45, 7) is 6.01. The molecule has 0 aromatic carbocycles. The van der Waals surface area contributed by atoms with Gasteiger partial charge in [-0.25, -0.2) is 4.98 Å². The minimum atomic E-state index is 0.482. The van der Waals surface area contributed by atoms with Gasteiger partial charge in [-0.3, -0.25) is 0 Å². The Morgan fingerprint density at radius 3 is 2.53 bits per heavy atom. The van der Waals surface area contributed by atoms with Crippen LogP contribution in [0.2, 0.25) is 0 Å². The van der Waals surface area contributed by atoms with Gasteiger partial charge in [-0.1, -0.05) is 0 Å². The van der Waals surface area contributed by atoms with E-state index in [9.17, 15) is 0 Å². The molecule has 5 nitrogen and oxygen atoms in total. The maximum atomic E-state index is 4.36. The van der Waals surface area contributed by atoms with Crippen molar-refractivity contribution in [3.63, 3.8) is 0 Å². The second-order valence-corrected chi connectivity index (χ2v) is 3.97. The summed E-state index contributed by atoms with van der Waals surface area (Å²) < 4.78 is 0. The van der Waals surface area contributed by atoms with E-state index in [0.717, 1.165) is 37.3 Å². The second kappa shape index (κ2) is 4.53. The van der Waals surface area contributed by atoms with Crippen molar-refractivity contribution in [3.8, 4) is 0 Å². The van der Waals surface area contributed by atoms with Crippen molar-refractivity contribution in [2.24, 2.45) is 0 Å². The molecular weight excluding hydrogens is 190 g/mol. The summed E-state index contributed by atoms with van der Waals surface area (Å²) in [5.41, 5.74) is 1.84. The average Bonchev–Trinajstić information content (AvgIpc) is 2.25. The number of nitrogens with zero attached hydrogens (tertiary/aromatic N) is 3. The lowest BCUT2D eigenvalue weighted by Gasteiger charge is -2.23. The molecule has 1 aliphatic rings. The molecule has 0 saturated carbocycles. The van der Waals surface area contributed by atoms with Gasteiger partial charge >= 0.3 is 0 Å². The van der Waals surface area contributed by atoms with Gasteiger partial charge in [-0.2, -0.15) is 5.10 Å². The zero-order valence-electron chi connectivity index (χ0n) is 9.25. The lowest BCUT2D eigenvalue weighted by Crippen LogP contribution is -2.35. The van der Waals surface area contributed by atoms with Gasteiger partial charge in [0, 0.05) is 6.04 Å². The molecule has 0 radical (unpaired) electrons. The fourth-order valence-electron chi connectivity index (χ4n) is 1.67. The summed E-state index contributed by atoms with van der Waals surface area (Å²) in [6, 6.07) is 0.482. The zero-order valence-corrected chi connectivity index (χ0v) is 9.25. The van der Waals surface area contributed by atoms with E-state index in [4.69, 9.17) is 0 Å². The van der Waals surface area contributed by atoms with Crippen LogP contribution in [0.5, 0.6) is 0 Å². The molecule has 1 fully saturated rings. The summed E-state index contributed by atoms with van der Waals surface area (Å²) in [6.07, 6.45) is 2.24. The van der Waals surface area contributed by atoms with Crippen LogP contribution in [0.25, 0.3) is 0 Å². The lowest BCUT2D eigenvalue weighted by molar-refractivity contribution is 0.476. The Hall–Kier alpha value is -1.23. The molecule has 0 amide bonds. The number of anilines is 1. The van der Waals surface area contributed by atoms with E-state index in [1.165, 1.54) is 0 Å². The van der Waals surface area contributed by atoms with Gasteiger partial charge in [-0.15, -0.1) is 5.10 Å².